The smallest absolute Gasteiger partial charge is 0.391 e. The largest absolute Gasteiger partial charge is 0.434 e. The van der Waals surface area contributed by atoms with Crippen molar-refractivity contribution in [3.63, 3.8) is 0 Å². The summed E-state index contributed by atoms with van der Waals surface area (Å²) < 4.78 is 49.7. The molecule has 3 rings (SSSR count). The molecular formula is C19H26FN5O5S. The van der Waals surface area contributed by atoms with Crippen LogP contribution in [-0.2, 0) is 15.0 Å². The Bertz CT molecular complexity index is 1130. The van der Waals surface area contributed by atoms with Crippen molar-refractivity contribution in [1.29, 1.82) is 0 Å². The fourth-order valence-corrected chi connectivity index (χ4v) is 5.65. The zero-order valence-electron chi connectivity index (χ0n) is 17.5. The minimum Gasteiger partial charge on any atom is -0.391 e. The molecule has 31 heavy (non-hydrogen) atoms. The topological polar surface area (TPSA) is 151 Å². The van der Waals surface area contributed by atoms with Gasteiger partial charge < -0.3 is 10.2 Å². The van der Waals surface area contributed by atoms with E-state index in [1.807, 2.05) is 6.92 Å². The lowest BCUT2D eigenvalue weighted by Crippen LogP contribution is -2.54. The highest BCUT2D eigenvalue weighted by Gasteiger charge is 2.40. The molecule has 1 unspecified atom stereocenters. The predicted molar refractivity (Wildman–Crippen MR) is 110 cm³/mol. The van der Waals surface area contributed by atoms with E-state index in [0.717, 1.165) is 9.87 Å². The number of piperidine rings is 1. The van der Waals surface area contributed by atoms with Crippen LogP contribution in [0.25, 0.3) is 0 Å². The third-order valence-corrected chi connectivity index (χ3v) is 7.38. The first-order chi connectivity index (χ1) is 14.5. The Kier molecular flexibility index (Phi) is 6.62. The van der Waals surface area contributed by atoms with Crippen molar-refractivity contribution in [3.05, 3.63) is 51.1 Å². The number of rotatable bonds is 7. The molecule has 1 saturated heterocycles. The second-order valence-corrected chi connectivity index (χ2v) is 9.42. The van der Waals surface area contributed by atoms with E-state index < -0.39 is 45.7 Å². The Morgan fingerprint density at radius 2 is 2.10 bits per heavy atom. The number of nitrogens with two attached hydrogens (primary N) is 1. The van der Waals surface area contributed by atoms with E-state index >= 15 is 0 Å². The van der Waals surface area contributed by atoms with Crippen LogP contribution in [0.15, 0.2) is 21.3 Å². The fraction of sp³-hybridized carbons (Fsp3) is 0.526. The Morgan fingerprint density at radius 1 is 1.39 bits per heavy atom. The summed E-state index contributed by atoms with van der Waals surface area (Å²) >= 11 is 0. The van der Waals surface area contributed by atoms with Crippen LogP contribution < -0.4 is 16.2 Å². The summed E-state index contributed by atoms with van der Waals surface area (Å²) in [5.74, 6) is -3.18. The predicted octanol–water partition coefficient (Wildman–Crippen LogP) is 1.14. The zero-order valence-corrected chi connectivity index (χ0v) is 18.3. The van der Waals surface area contributed by atoms with Gasteiger partial charge in [-0.05, 0) is 49.4 Å². The van der Waals surface area contributed by atoms with E-state index in [4.69, 9.17) is 10.2 Å². The van der Waals surface area contributed by atoms with Crippen LogP contribution in [0.3, 0.4) is 0 Å². The van der Waals surface area contributed by atoms with Gasteiger partial charge in [0.05, 0.1) is 0 Å². The second kappa shape index (κ2) is 8.89. The maximum Gasteiger partial charge on any atom is 0.434 e. The highest BCUT2D eigenvalue weighted by atomic mass is 32.2. The summed E-state index contributed by atoms with van der Waals surface area (Å²) in [6, 6.07) is 0.717. The number of aryl methyl sites for hydroxylation is 1. The molecule has 2 aromatic rings. The number of benzene rings is 1. The van der Waals surface area contributed by atoms with Gasteiger partial charge in [0.2, 0.25) is 11.8 Å². The Morgan fingerprint density at radius 3 is 2.71 bits per heavy atom. The minimum atomic E-state index is -4.26. The van der Waals surface area contributed by atoms with Crippen LogP contribution in [-0.4, -0.2) is 41.4 Å². The lowest BCUT2D eigenvalue weighted by Gasteiger charge is -2.34. The Hall–Kier alpha value is -2.57. The third kappa shape index (κ3) is 4.70. The lowest BCUT2D eigenvalue weighted by atomic mass is 9.88. The average molecular weight is 456 g/mol. The molecule has 2 heterocycles. The number of primary amides is 1. The molecule has 1 amide bonds. The van der Waals surface area contributed by atoms with Gasteiger partial charge in [-0.25, -0.2) is 14.3 Å². The van der Waals surface area contributed by atoms with Crippen molar-refractivity contribution < 1.29 is 22.0 Å². The normalized spacial score (nSPS) is 19.8. The molecule has 0 radical (unpaired) electrons. The number of carbonyl (C=O) groups excluding carboxylic acids is 1. The van der Waals surface area contributed by atoms with Crippen molar-refractivity contribution in [3.8, 4) is 0 Å². The minimum absolute atomic E-state index is 0.104. The lowest BCUT2D eigenvalue weighted by molar-refractivity contribution is -0.122. The van der Waals surface area contributed by atoms with E-state index in [1.54, 1.807) is 19.9 Å². The Labute approximate surface area is 179 Å². The first kappa shape index (κ1) is 23.1. The van der Waals surface area contributed by atoms with Gasteiger partial charge in [0.25, 0.3) is 10.2 Å². The van der Waals surface area contributed by atoms with Crippen molar-refractivity contribution in [2.75, 3.05) is 6.54 Å². The van der Waals surface area contributed by atoms with Crippen molar-refractivity contribution in [1.82, 2.24) is 19.2 Å². The summed E-state index contributed by atoms with van der Waals surface area (Å²) in [6.45, 7) is 5.25. The highest BCUT2D eigenvalue weighted by Crippen LogP contribution is 2.35. The zero-order chi connectivity index (χ0) is 22.9. The van der Waals surface area contributed by atoms with Gasteiger partial charge in [-0.1, -0.05) is 19.4 Å². The summed E-state index contributed by atoms with van der Waals surface area (Å²) in [4.78, 5) is 23.4. The quantitative estimate of drug-likeness (QED) is 0.569. The summed E-state index contributed by atoms with van der Waals surface area (Å²) in [5, 5.41) is 5.86. The number of H-pyrrole nitrogens is 1. The van der Waals surface area contributed by atoms with E-state index in [0.29, 0.717) is 24.8 Å². The first-order valence-corrected chi connectivity index (χ1v) is 11.4. The van der Waals surface area contributed by atoms with Crippen LogP contribution in [0.4, 0.5) is 4.39 Å². The average Bonchev–Trinajstić information content (AvgIpc) is 3.15. The molecule has 0 aliphatic carbocycles. The first-order valence-electron chi connectivity index (χ1n) is 9.92. The number of hydrogen-bond donors (Lipinski definition) is 3. The van der Waals surface area contributed by atoms with Crippen LogP contribution in [0.2, 0.25) is 0 Å². The SMILES string of the molecule is Cc1ccc(F)c([C@@H](C)[C@H](NS(=O)(=O)N2CCCCC2C(N)=O)c2n[nH]c(=O)o2)c1C. The second-order valence-electron chi connectivity index (χ2n) is 7.77. The monoisotopic (exact) mass is 455 g/mol. The molecule has 1 aliphatic rings. The van der Waals surface area contributed by atoms with Crippen molar-refractivity contribution in [2.45, 2.75) is 58.0 Å². The van der Waals surface area contributed by atoms with Crippen LogP contribution in [0, 0.1) is 19.7 Å². The molecule has 0 saturated carbocycles. The van der Waals surface area contributed by atoms with E-state index in [1.165, 1.54) is 6.07 Å². The van der Waals surface area contributed by atoms with Gasteiger partial charge in [-0.3, -0.25) is 4.79 Å². The fourth-order valence-electron chi connectivity index (χ4n) is 3.98. The number of carbonyl (C=O) groups is 1. The molecule has 4 N–H and O–H groups in total. The molecule has 12 heteroatoms. The molecule has 1 aromatic carbocycles. The van der Waals surface area contributed by atoms with Gasteiger partial charge in [0.15, 0.2) is 0 Å². The number of aromatic amines is 1. The van der Waals surface area contributed by atoms with E-state index in [2.05, 4.69) is 14.9 Å². The molecule has 1 aliphatic heterocycles. The number of amides is 1. The van der Waals surface area contributed by atoms with Gasteiger partial charge >= 0.3 is 5.76 Å². The van der Waals surface area contributed by atoms with Gasteiger partial charge in [0, 0.05) is 12.5 Å². The maximum atomic E-state index is 14.7. The molecule has 1 aromatic heterocycles. The van der Waals surface area contributed by atoms with Crippen LogP contribution in [0.1, 0.15) is 60.7 Å². The van der Waals surface area contributed by atoms with E-state index in [9.17, 15) is 22.4 Å². The van der Waals surface area contributed by atoms with E-state index in [-0.39, 0.29) is 18.0 Å². The number of nitrogens with one attached hydrogen (secondary N) is 2. The standard InChI is InChI=1S/C19H26FN5O5S/c1-10-7-8-13(20)15(11(10)2)12(3)16(18-22-23-19(27)30-18)24-31(28,29)25-9-5-4-6-14(25)17(21)26/h7-8,12,14,16,24H,4-6,9H2,1-3H3,(H2,21,26)(H,23,27)/t12-,14?,16+/m1/s1. The highest BCUT2D eigenvalue weighted by molar-refractivity contribution is 7.87. The maximum absolute atomic E-state index is 14.7. The number of nitrogens with zero attached hydrogens (tertiary/aromatic N) is 2. The van der Waals surface area contributed by atoms with Gasteiger partial charge in [-0.15, -0.1) is 5.10 Å². The molecule has 170 valence electrons. The summed E-state index contributed by atoms with van der Waals surface area (Å²) in [5.41, 5.74) is 7.13. The van der Waals surface area contributed by atoms with Crippen LogP contribution in [0.5, 0.6) is 0 Å². The molecule has 0 bridgehead atoms. The molecular weight excluding hydrogens is 429 g/mol. The summed E-state index contributed by atoms with van der Waals surface area (Å²) in [6.07, 6.45) is 1.54. The Balaban J connectivity index is 2.04. The number of halogens is 1. The molecule has 1 fully saturated rings. The summed E-state index contributed by atoms with van der Waals surface area (Å²) in [7, 11) is -4.26. The molecule has 10 nitrogen and oxygen atoms in total. The molecule has 0 spiro atoms. The van der Waals surface area contributed by atoms with Gasteiger partial charge in [-0.2, -0.15) is 17.4 Å². The number of aromatic nitrogens is 2. The number of hydrogen-bond acceptors (Lipinski definition) is 6. The van der Waals surface area contributed by atoms with Crippen LogP contribution >= 0.6 is 0 Å². The molecule has 3 atom stereocenters. The van der Waals surface area contributed by atoms with Gasteiger partial charge in [0.1, 0.15) is 17.9 Å². The van der Waals surface area contributed by atoms with Crippen molar-refractivity contribution in [2.24, 2.45) is 5.73 Å². The third-order valence-electron chi connectivity index (χ3n) is 5.78. The van der Waals surface area contributed by atoms with Crippen molar-refractivity contribution >= 4 is 16.1 Å².